The standard InChI is InChI=1S/C18H18N4O3/c23-18(17-12-5-1-2-6-13(12)21-22-17)20-14-11-24-10-8-15(14)25-16-7-3-4-9-19-16/h1-7,9,14-15H,8,10-11H2,(H,20,23)(H,21,22)/t14-,15-/m1/s1. The van der Waals surface area contributed by atoms with Crippen molar-refractivity contribution < 1.29 is 14.3 Å². The van der Waals surface area contributed by atoms with Crippen LogP contribution in [0.3, 0.4) is 0 Å². The normalized spacial score (nSPS) is 20.3. The Balaban J connectivity index is 1.50. The van der Waals surface area contributed by atoms with E-state index < -0.39 is 0 Å². The van der Waals surface area contributed by atoms with Gasteiger partial charge in [0, 0.05) is 24.1 Å². The number of fused-ring (bicyclic) bond motifs is 1. The molecule has 1 aromatic carbocycles. The van der Waals surface area contributed by atoms with Gasteiger partial charge in [-0.1, -0.05) is 24.3 Å². The van der Waals surface area contributed by atoms with Crippen molar-refractivity contribution in [1.82, 2.24) is 20.5 Å². The van der Waals surface area contributed by atoms with Gasteiger partial charge < -0.3 is 14.8 Å². The van der Waals surface area contributed by atoms with Gasteiger partial charge in [0.15, 0.2) is 5.69 Å². The molecule has 7 nitrogen and oxygen atoms in total. The Kier molecular flexibility index (Phi) is 4.30. The zero-order valence-electron chi connectivity index (χ0n) is 13.5. The minimum Gasteiger partial charge on any atom is -0.472 e. The highest BCUT2D eigenvalue weighted by molar-refractivity contribution is 6.04. The van der Waals surface area contributed by atoms with E-state index in [9.17, 15) is 4.79 Å². The molecule has 1 saturated heterocycles. The number of hydrogen-bond acceptors (Lipinski definition) is 5. The summed E-state index contributed by atoms with van der Waals surface area (Å²) in [5.41, 5.74) is 1.20. The summed E-state index contributed by atoms with van der Waals surface area (Å²) < 4.78 is 11.5. The zero-order valence-corrected chi connectivity index (χ0v) is 13.5. The van der Waals surface area contributed by atoms with E-state index in [1.54, 1.807) is 12.3 Å². The lowest BCUT2D eigenvalue weighted by Crippen LogP contribution is -2.52. The molecule has 0 aliphatic carbocycles. The molecule has 0 radical (unpaired) electrons. The van der Waals surface area contributed by atoms with Crippen LogP contribution in [0.5, 0.6) is 5.88 Å². The SMILES string of the molecule is O=C(N[C@@H]1COCC[C@H]1Oc1ccccn1)c1n[nH]c2ccccc12. The fraction of sp³-hybridized carbons (Fsp3) is 0.278. The van der Waals surface area contributed by atoms with E-state index in [4.69, 9.17) is 9.47 Å². The van der Waals surface area contributed by atoms with Crippen molar-refractivity contribution >= 4 is 16.8 Å². The van der Waals surface area contributed by atoms with Crippen LogP contribution in [0.1, 0.15) is 16.9 Å². The number of rotatable bonds is 4. The third kappa shape index (κ3) is 3.32. The van der Waals surface area contributed by atoms with Gasteiger partial charge in [-0.2, -0.15) is 5.10 Å². The number of benzene rings is 1. The maximum atomic E-state index is 12.7. The Hall–Kier alpha value is -2.93. The fourth-order valence-corrected chi connectivity index (χ4v) is 2.94. The van der Waals surface area contributed by atoms with Crippen molar-refractivity contribution in [3.8, 4) is 5.88 Å². The molecule has 1 aliphatic heterocycles. The van der Waals surface area contributed by atoms with Crippen LogP contribution in [0.2, 0.25) is 0 Å². The van der Waals surface area contributed by atoms with Crippen LogP contribution >= 0.6 is 0 Å². The van der Waals surface area contributed by atoms with E-state index in [2.05, 4.69) is 20.5 Å². The molecule has 128 valence electrons. The Morgan fingerprint density at radius 3 is 3.00 bits per heavy atom. The van der Waals surface area contributed by atoms with Crippen LogP contribution in [-0.4, -0.2) is 46.4 Å². The molecule has 4 rings (SSSR count). The number of hydrogen-bond donors (Lipinski definition) is 2. The van der Waals surface area contributed by atoms with Gasteiger partial charge >= 0.3 is 0 Å². The monoisotopic (exact) mass is 338 g/mol. The number of nitrogens with one attached hydrogen (secondary N) is 2. The lowest BCUT2D eigenvalue weighted by Gasteiger charge is -2.31. The largest absolute Gasteiger partial charge is 0.472 e. The molecule has 2 N–H and O–H groups in total. The van der Waals surface area contributed by atoms with E-state index in [1.807, 2.05) is 36.4 Å². The van der Waals surface area contributed by atoms with Crippen LogP contribution in [-0.2, 0) is 4.74 Å². The van der Waals surface area contributed by atoms with Gasteiger partial charge in [0.25, 0.3) is 5.91 Å². The second-order valence-corrected chi connectivity index (χ2v) is 5.89. The molecule has 0 saturated carbocycles. The smallest absolute Gasteiger partial charge is 0.272 e. The molecule has 0 bridgehead atoms. The summed E-state index contributed by atoms with van der Waals surface area (Å²) in [6.07, 6.45) is 2.17. The molecule has 1 fully saturated rings. The highest BCUT2D eigenvalue weighted by Crippen LogP contribution is 2.18. The number of pyridine rings is 1. The second-order valence-electron chi connectivity index (χ2n) is 5.89. The number of aromatic amines is 1. The third-order valence-corrected chi connectivity index (χ3v) is 4.20. The van der Waals surface area contributed by atoms with Gasteiger partial charge in [-0.3, -0.25) is 9.89 Å². The molecule has 25 heavy (non-hydrogen) atoms. The minimum atomic E-state index is -0.265. The number of amides is 1. The van der Waals surface area contributed by atoms with E-state index in [0.717, 1.165) is 10.9 Å². The number of carbonyl (C=O) groups is 1. The van der Waals surface area contributed by atoms with E-state index in [1.165, 1.54) is 0 Å². The Bertz CT molecular complexity index is 865. The lowest BCUT2D eigenvalue weighted by molar-refractivity contribution is -0.00452. The van der Waals surface area contributed by atoms with Crippen LogP contribution in [0.15, 0.2) is 48.7 Å². The van der Waals surface area contributed by atoms with Gasteiger partial charge in [-0.05, 0) is 12.1 Å². The van der Waals surface area contributed by atoms with Gasteiger partial charge in [-0.15, -0.1) is 0 Å². The maximum absolute atomic E-state index is 12.7. The summed E-state index contributed by atoms with van der Waals surface area (Å²) in [5, 5.41) is 10.8. The summed E-state index contributed by atoms with van der Waals surface area (Å²) in [7, 11) is 0. The predicted molar refractivity (Wildman–Crippen MR) is 91.4 cm³/mol. The van der Waals surface area contributed by atoms with Crippen LogP contribution in [0.25, 0.3) is 10.9 Å². The molecule has 2 aromatic heterocycles. The first-order chi connectivity index (χ1) is 12.3. The number of carbonyl (C=O) groups excluding carboxylic acids is 1. The summed E-state index contributed by atoms with van der Waals surface area (Å²) in [6, 6.07) is 12.8. The molecule has 7 heteroatoms. The minimum absolute atomic E-state index is 0.196. The molecule has 2 atom stereocenters. The Morgan fingerprint density at radius 1 is 1.24 bits per heavy atom. The number of H-pyrrole nitrogens is 1. The second kappa shape index (κ2) is 6.90. The zero-order chi connectivity index (χ0) is 17.1. The number of para-hydroxylation sites is 1. The van der Waals surface area contributed by atoms with Gasteiger partial charge in [0.2, 0.25) is 5.88 Å². The quantitative estimate of drug-likeness (QED) is 0.759. The predicted octanol–water partition coefficient (Wildman–Crippen LogP) is 1.92. The van der Waals surface area contributed by atoms with Crippen molar-refractivity contribution in [3.05, 3.63) is 54.4 Å². The van der Waals surface area contributed by atoms with Crippen LogP contribution in [0.4, 0.5) is 0 Å². The van der Waals surface area contributed by atoms with Crippen molar-refractivity contribution in [1.29, 1.82) is 0 Å². The average molecular weight is 338 g/mol. The molecule has 3 heterocycles. The summed E-state index contributed by atoms with van der Waals surface area (Å²) in [6.45, 7) is 0.987. The highest BCUT2D eigenvalue weighted by Gasteiger charge is 2.30. The van der Waals surface area contributed by atoms with Crippen LogP contribution < -0.4 is 10.1 Å². The van der Waals surface area contributed by atoms with Crippen molar-refractivity contribution in [2.75, 3.05) is 13.2 Å². The molecular formula is C18H18N4O3. The Labute approximate surface area is 144 Å². The molecule has 0 unspecified atom stereocenters. The number of ether oxygens (including phenoxy) is 2. The first kappa shape index (κ1) is 15.6. The first-order valence-electron chi connectivity index (χ1n) is 8.20. The molecule has 3 aromatic rings. The van der Waals surface area contributed by atoms with Crippen LogP contribution in [0, 0.1) is 0 Å². The van der Waals surface area contributed by atoms with Gasteiger partial charge in [0.1, 0.15) is 6.10 Å². The first-order valence-corrected chi connectivity index (χ1v) is 8.20. The van der Waals surface area contributed by atoms with Crippen molar-refractivity contribution in [2.45, 2.75) is 18.6 Å². The van der Waals surface area contributed by atoms with Crippen molar-refractivity contribution in [3.63, 3.8) is 0 Å². The molecule has 1 amide bonds. The summed E-state index contributed by atoms with van der Waals surface area (Å²) >= 11 is 0. The van der Waals surface area contributed by atoms with Gasteiger partial charge in [-0.25, -0.2) is 4.98 Å². The van der Waals surface area contributed by atoms with E-state index in [-0.39, 0.29) is 18.1 Å². The summed E-state index contributed by atoms with van der Waals surface area (Å²) in [5.74, 6) is 0.293. The topological polar surface area (TPSA) is 89.1 Å². The third-order valence-electron chi connectivity index (χ3n) is 4.20. The van der Waals surface area contributed by atoms with E-state index in [0.29, 0.717) is 31.2 Å². The van der Waals surface area contributed by atoms with Crippen molar-refractivity contribution in [2.24, 2.45) is 0 Å². The number of aromatic nitrogens is 3. The lowest BCUT2D eigenvalue weighted by atomic mass is 10.1. The molecular weight excluding hydrogens is 320 g/mol. The fourth-order valence-electron chi connectivity index (χ4n) is 2.94. The molecule has 0 spiro atoms. The Morgan fingerprint density at radius 2 is 2.12 bits per heavy atom. The number of nitrogens with zero attached hydrogens (tertiary/aromatic N) is 2. The highest BCUT2D eigenvalue weighted by atomic mass is 16.5. The van der Waals surface area contributed by atoms with E-state index >= 15 is 0 Å². The van der Waals surface area contributed by atoms with Gasteiger partial charge in [0.05, 0.1) is 24.8 Å². The summed E-state index contributed by atoms with van der Waals surface area (Å²) in [4.78, 5) is 16.8. The maximum Gasteiger partial charge on any atom is 0.272 e. The molecule has 1 aliphatic rings. The average Bonchev–Trinajstić information content (AvgIpc) is 3.08.